The molecular formula is C22H25F2N7O2. The molecule has 0 spiro atoms. The van der Waals surface area contributed by atoms with Crippen molar-refractivity contribution in [1.82, 2.24) is 29.6 Å². The van der Waals surface area contributed by atoms with Gasteiger partial charge in [0.15, 0.2) is 0 Å². The first kappa shape index (κ1) is 21.5. The summed E-state index contributed by atoms with van der Waals surface area (Å²) in [7, 11) is 1.55. The van der Waals surface area contributed by atoms with E-state index in [1.165, 1.54) is 4.68 Å². The number of methoxy groups -OCH3 is 1. The summed E-state index contributed by atoms with van der Waals surface area (Å²) in [5, 5.41) is 25.9. The molecular weight excluding hydrogens is 432 g/mol. The number of halogens is 2. The van der Waals surface area contributed by atoms with E-state index in [4.69, 9.17) is 4.74 Å². The third kappa shape index (κ3) is 4.20. The highest BCUT2D eigenvalue weighted by Crippen LogP contribution is 2.34. The molecule has 0 radical (unpaired) electrons. The lowest BCUT2D eigenvalue weighted by molar-refractivity contribution is 0.0195. The van der Waals surface area contributed by atoms with Gasteiger partial charge in [-0.05, 0) is 56.4 Å². The zero-order chi connectivity index (χ0) is 23.2. The summed E-state index contributed by atoms with van der Waals surface area (Å²) in [6.45, 7) is 1.35. The van der Waals surface area contributed by atoms with Crippen LogP contribution in [0.4, 0.5) is 14.7 Å². The van der Waals surface area contributed by atoms with E-state index in [2.05, 4.69) is 25.7 Å². The maximum absolute atomic E-state index is 12.9. The van der Waals surface area contributed by atoms with Gasteiger partial charge in [-0.2, -0.15) is 4.98 Å². The summed E-state index contributed by atoms with van der Waals surface area (Å²) >= 11 is 0. The van der Waals surface area contributed by atoms with Crippen LogP contribution in [0.1, 0.15) is 32.6 Å². The van der Waals surface area contributed by atoms with E-state index in [-0.39, 0.29) is 6.04 Å². The molecule has 0 saturated heterocycles. The molecule has 0 atom stereocenters. The quantitative estimate of drug-likeness (QED) is 0.457. The molecule has 33 heavy (non-hydrogen) atoms. The molecule has 1 fully saturated rings. The van der Waals surface area contributed by atoms with Crippen LogP contribution in [-0.4, -0.2) is 59.9 Å². The number of ether oxygens (including phenoxy) is 1. The van der Waals surface area contributed by atoms with Gasteiger partial charge in [0.1, 0.15) is 17.6 Å². The fourth-order valence-electron chi connectivity index (χ4n) is 4.39. The standard InChI is InChI=1S/C22H25F2N7O2/c1-22(32)8-5-14(6-9-22)25-21-26-20(33-2)19-15(7-10-30(19)28-21)13-3-4-16-17(11-13)31(29-27-16)12-18(23)24/h3-4,7,10-11,14,18,32H,5-6,8-9,12H2,1-2H3,(H,25,28). The Hall–Kier alpha value is -3.34. The number of aromatic nitrogens is 6. The van der Waals surface area contributed by atoms with Crippen molar-refractivity contribution in [1.29, 1.82) is 0 Å². The summed E-state index contributed by atoms with van der Waals surface area (Å²) in [6.07, 6.45) is 2.38. The van der Waals surface area contributed by atoms with Gasteiger partial charge in [0.2, 0.25) is 11.8 Å². The molecule has 1 saturated carbocycles. The van der Waals surface area contributed by atoms with Crippen LogP contribution in [0.2, 0.25) is 0 Å². The van der Waals surface area contributed by atoms with E-state index in [9.17, 15) is 13.9 Å². The van der Waals surface area contributed by atoms with Crippen LogP contribution in [0.3, 0.4) is 0 Å². The molecule has 2 N–H and O–H groups in total. The zero-order valence-electron chi connectivity index (χ0n) is 18.4. The molecule has 0 amide bonds. The average Bonchev–Trinajstić information content (AvgIpc) is 3.38. The van der Waals surface area contributed by atoms with Gasteiger partial charge in [0.25, 0.3) is 6.43 Å². The molecule has 1 aliphatic rings. The Morgan fingerprint density at radius 3 is 2.79 bits per heavy atom. The second kappa shape index (κ2) is 8.22. The highest BCUT2D eigenvalue weighted by atomic mass is 19.3. The summed E-state index contributed by atoms with van der Waals surface area (Å²) < 4.78 is 34.3. The van der Waals surface area contributed by atoms with Gasteiger partial charge < -0.3 is 15.2 Å². The van der Waals surface area contributed by atoms with Gasteiger partial charge in [0, 0.05) is 17.8 Å². The Labute approximate surface area is 188 Å². The molecule has 3 heterocycles. The molecule has 0 unspecified atom stereocenters. The van der Waals surface area contributed by atoms with Crippen LogP contribution in [0.5, 0.6) is 5.88 Å². The van der Waals surface area contributed by atoms with Gasteiger partial charge >= 0.3 is 0 Å². The van der Waals surface area contributed by atoms with E-state index in [0.29, 0.717) is 28.4 Å². The first-order valence-electron chi connectivity index (χ1n) is 10.9. The molecule has 11 heteroatoms. The number of nitrogens with one attached hydrogen (secondary N) is 1. The third-order valence-corrected chi connectivity index (χ3v) is 6.20. The normalized spacial score (nSPS) is 21.2. The predicted octanol–water partition coefficient (Wildman–Crippen LogP) is 3.52. The van der Waals surface area contributed by atoms with E-state index < -0.39 is 18.6 Å². The lowest BCUT2D eigenvalue weighted by Crippen LogP contribution is -2.36. The lowest BCUT2D eigenvalue weighted by Gasteiger charge is -2.33. The summed E-state index contributed by atoms with van der Waals surface area (Å²) in [6, 6.07) is 7.46. The fourth-order valence-corrected chi connectivity index (χ4v) is 4.39. The SMILES string of the molecule is COc1nc(NC2CCC(C)(O)CC2)nn2ccc(-c3ccc4nnn(CC(F)F)c4c3)c12. The number of hydrogen-bond acceptors (Lipinski definition) is 7. The second-order valence-corrected chi connectivity index (χ2v) is 8.75. The molecule has 4 aromatic rings. The number of hydrogen-bond donors (Lipinski definition) is 2. The predicted molar refractivity (Wildman–Crippen MR) is 119 cm³/mol. The number of alkyl halides is 2. The largest absolute Gasteiger partial charge is 0.479 e. The van der Waals surface area contributed by atoms with Gasteiger partial charge in [-0.1, -0.05) is 11.3 Å². The smallest absolute Gasteiger partial charge is 0.258 e. The van der Waals surface area contributed by atoms with Crippen molar-refractivity contribution in [3.63, 3.8) is 0 Å². The molecule has 1 aromatic carbocycles. The minimum absolute atomic E-state index is 0.174. The highest BCUT2D eigenvalue weighted by molar-refractivity contribution is 5.89. The Morgan fingerprint density at radius 1 is 1.27 bits per heavy atom. The molecule has 174 valence electrons. The van der Waals surface area contributed by atoms with Crippen LogP contribution in [0.15, 0.2) is 30.5 Å². The molecule has 0 bridgehead atoms. The highest BCUT2D eigenvalue weighted by Gasteiger charge is 2.29. The first-order valence-corrected chi connectivity index (χ1v) is 10.9. The minimum atomic E-state index is -2.52. The minimum Gasteiger partial charge on any atom is -0.479 e. The Kier molecular flexibility index (Phi) is 5.35. The van der Waals surface area contributed by atoms with Gasteiger partial charge in [-0.15, -0.1) is 10.2 Å². The number of anilines is 1. The second-order valence-electron chi connectivity index (χ2n) is 8.75. The number of aliphatic hydroxyl groups is 1. The Bertz CT molecular complexity index is 1290. The van der Waals surface area contributed by atoms with Crippen molar-refractivity contribution in [3.05, 3.63) is 30.5 Å². The topological polar surface area (TPSA) is 102 Å². The Morgan fingerprint density at radius 2 is 2.06 bits per heavy atom. The number of rotatable bonds is 6. The maximum Gasteiger partial charge on any atom is 0.258 e. The van der Waals surface area contributed by atoms with Crippen LogP contribution in [0.25, 0.3) is 27.7 Å². The molecule has 3 aromatic heterocycles. The van der Waals surface area contributed by atoms with Crippen LogP contribution in [0, 0.1) is 0 Å². The fraction of sp³-hybridized carbons (Fsp3) is 0.455. The van der Waals surface area contributed by atoms with E-state index in [0.717, 1.165) is 36.8 Å². The lowest BCUT2D eigenvalue weighted by atomic mass is 9.84. The summed E-state index contributed by atoms with van der Waals surface area (Å²) in [5.41, 5.74) is 2.72. The summed E-state index contributed by atoms with van der Waals surface area (Å²) in [4.78, 5) is 4.56. The van der Waals surface area contributed by atoms with Gasteiger partial charge in [-0.3, -0.25) is 0 Å². The average molecular weight is 457 g/mol. The van der Waals surface area contributed by atoms with E-state index in [1.54, 1.807) is 23.8 Å². The van der Waals surface area contributed by atoms with Crippen LogP contribution >= 0.6 is 0 Å². The third-order valence-electron chi connectivity index (χ3n) is 6.20. The van der Waals surface area contributed by atoms with Crippen molar-refractivity contribution >= 4 is 22.5 Å². The summed E-state index contributed by atoms with van der Waals surface area (Å²) in [5.74, 6) is 0.845. The molecule has 9 nitrogen and oxygen atoms in total. The maximum atomic E-state index is 12.9. The number of fused-ring (bicyclic) bond motifs is 2. The monoisotopic (exact) mass is 457 g/mol. The number of benzene rings is 1. The molecule has 5 rings (SSSR count). The van der Waals surface area contributed by atoms with Crippen molar-refractivity contribution < 1.29 is 18.6 Å². The Balaban J connectivity index is 1.49. The first-order chi connectivity index (χ1) is 15.8. The van der Waals surface area contributed by atoms with Crippen molar-refractivity contribution in [2.24, 2.45) is 0 Å². The molecule has 1 aliphatic carbocycles. The van der Waals surface area contributed by atoms with E-state index >= 15 is 0 Å². The van der Waals surface area contributed by atoms with Crippen LogP contribution in [-0.2, 0) is 6.54 Å². The van der Waals surface area contributed by atoms with Crippen LogP contribution < -0.4 is 10.1 Å². The van der Waals surface area contributed by atoms with Crippen molar-refractivity contribution in [2.45, 2.75) is 57.2 Å². The molecule has 0 aliphatic heterocycles. The van der Waals surface area contributed by atoms with E-state index in [1.807, 2.05) is 25.3 Å². The van der Waals surface area contributed by atoms with Gasteiger partial charge in [0.05, 0.1) is 18.2 Å². The number of nitrogens with zero attached hydrogens (tertiary/aromatic N) is 6. The van der Waals surface area contributed by atoms with Gasteiger partial charge in [-0.25, -0.2) is 18.0 Å². The zero-order valence-corrected chi connectivity index (χ0v) is 18.4. The van der Waals surface area contributed by atoms with Crippen molar-refractivity contribution in [3.8, 4) is 17.0 Å². The van der Waals surface area contributed by atoms with Crippen molar-refractivity contribution in [2.75, 3.05) is 12.4 Å².